The number of pyridine rings is 1. The molecule has 3 heterocycles. The molecule has 104 valence electrons. The number of piperidine rings is 1. The summed E-state index contributed by atoms with van der Waals surface area (Å²) < 4.78 is 1.77. The van der Waals surface area contributed by atoms with Gasteiger partial charge in [0.25, 0.3) is 0 Å². The van der Waals surface area contributed by atoms with Crippen molar-refractivity contribution in [3.63, 3.8) is 0 Å². The van der Waals surface area contributed by atoms with Crippen molar-refractivity contribution in [1.82, 2.24) is 14.5 Å². The molecular formula is C15H17N3O2. The number of amides is 1. The maximum absolute atomic E-state index is 12.3. The van der Waals surface area contributed by atoms with E-state index in [1.807, 2.05) is 11.0 Å². The van der Waals surface area contributed by atoms with Gasteiger partial charge in [0.2, 0.25) is 5.91 Å². The molecule has 5 heteroatoms. The van der Waals surface area contributed by atoms with E-state index in [-0.39, 0.29) is 12.5 Å². The van der Waals surface area contributed by atoms with Crippen LogP contribution in [0.3, 0.4) is 0 Å². The van der Waals surface area contributed by atoms with Gasteiger partial charge in [-0.3, -0.25) is 9.59 Å². The van der Waals surface area contributed by atoms with Gasteiger partial charge in [-0.25, -0.2) is 4.98 Å². The molecule has 0 N–H and O–H groups in total. The van der Waals surface area contributed by atoms with Crippen LogP contribution in [0.5, 0.6) is 0 Å². The molecule has 0 spiro atoms. The summed E-state index contributed by atoms with van der Waals surface area (Å²) >= 11 is 0. The van der Waals surface area contributed by atoms with Crippen LogP contribution in [-0.2, 0) is 11.3 Å². The molecule has 2 aromatic heterocycles. The van der Waals surface area contributed by atoms with E-state index >= 15 is 0 Å². The largest absolute Gasteiger partial charge is 0.341 e. The van der Waals surface area contributed by atoms with Crippen molar-refractivity contribution in [2.45, 2.75) is 25.8 Å². The van der Waals surface area contributed by atoms with Gasteiger partial charge in [0.15, 0.2) is 6.29 Å². The average Bonchev–Trinajstić information content (AvgIpc) is 2.86. The minimum Gasteiger partial charge on any atom is -0.341 e. The Kier molecular flexibility index (Phi) is 3.50. The second-order valence-corrected chi connectivity index (χ2v) is 5.15. The third-order valence-corrected chi connectivity index (χ3v) is 3.81. The van der Waals surface area contributed by atoms with Crippen molar-refractivity contribution in [3.8, 4) is 0 Å². The predicted molar refractivity (Wildman–Crippen MR) is 75.6 cm³/mol. The molecule has 0 unspecified atom stereocenters. The predicted octanol–water partition coefficient (Wildman–Crippen LogP) is 1.86. The minimum atomic E-state index is 0.102. The van der Waals surface area contributed by atoms with E-state index in [0.29, 0.717) is 11.2 Å². The second-order valence-electron chi connectivity index (χ2n) is 5.15. The number of aromatic nitrogens is 2. The van der Waals surface area contributed by atoms with Crippen LogP contribution < -0.4 is 0 Å². The first kappa shape index (κ1) is 12.8. The third kappa shape index (κ3) is 2.31. The van der Waals surface area contributed by atoms with Crippen molar-refractivity contribution in [3.05, 3.63) is 30.1 Å². The van der Waals surface area contributed by atoms with E-state index in [2.05, 4.69) is 4.98 Å². The Labute approximate surface area is 117 Å². The summed E-state index contributed by atoms with van der Waals surface area (Å²) in [4.78, 5) is 29.6. The number of nitrogens with zero attached hydrogens (tertiary/aromatic N) is 3. The molecule has 0 radical (unpaired) electrons. The highest BCUT2D eigenvalue weighted by molar-refractivity contribution is 5.96. The summed E-state index contributed by atoms with van der Waals surface area (Å²) in [5.41, 5.74) is 1.28. The molecule has 5 nitrogen and oxygen atoms in total. The molecule has 1 fully saturated rings. The van der Waals surface area contributed by atoms with Crippen LogP contribution in [0.25, 0.3) is 11.0 Å². The highest BCUT2D eigenvalue weighted by Gasteiger charge is 2.18. The summed E-state index contributed by atoms with van der Waals surface area (Å²) in [6.45, 7) is 1.93. The van der Waals surface area contributed by atoms with E-state index in [9.17, 15) is 9.59 Å². The molecular weight excluding hydrogens is 254 g/mol. The van der Waals surface area contributed by atoms with Crippen molar-refractivity contribution in [1.29, 1.82) is 0 Å². The van der Waals surface area contributed by atoms with Crippen molar-refractivity contribution in [2.75, 3.05) is 13.1 Å². The lowest BCUT2D eigenvalue weighted by Gasteiger charge is -2.26. The summed E-state index contributed by atoms with van der Waals surface area (Å²) in [7, 11) is 0. The highest BCUT2D eigenvalue weighted by Crippen LogP contribution is 2.18. The minimum absolute atomic E-state index is 0.102. The Morgan fingerprint density at radius 2 is 2.10 bits per heavy atom. The molecule has 20 heavy (non-hydrogen) atoms. The van der Waals surface area contributed by atoms with E-state index in [1.54, 1.807) is 23.0 Å². The Balaban J connectivity index is 1.87. The van der Waals surface area contributed by atoms with Gasteiger partial charge in [-0.15, -0.1) is 0 Å². The maximum Gasteiger partial charge on any atom is 0.242 e. The lowest BCUT2D eigenvalue weighted by molar-refractivity contribution is -0.132. The van der Waals surface area contributed by atoms with Crippen LogP contribution in [-0.4, -0.2) is 39.7 Å². The van der Waals surface area contributed by atoms with Crippen molar-refractivity contribution >= 4 is 23.2 Å². The molecule has 1 aliphatic heterocycles. The zero-order valence-corrected chi connectivity index (χ0v) is 11.3. The number of hydrogen-bond acceptors (Lipinski definition) is 3. The number of aldehydes is 1. The molecule has 0 saturated carbocycles. The smallest absolute Gasteiger partial charge is 0.242 e. The number of fused-ring (bicyclic) bond motifs is 1. The fraction of sp³-hybridized carbons (Fsp3) is 0.400. The first-order valence-corrected chi connectivity index (χ1v) is 6.96. The zero-order chi connectivity index (χ0) is 13.9. The first-order valence-electron chi connectivity index (χ1n) is 6.96. The number of carbonyl (C=O) groups is 2. The first-order chi connectivity index (χ1) is 9.79. The normalized spacial score (nSPS) is 15.5. The molecule has 1 aliphatic rings. The monoisotopic (exact) mass is 271 g/mol. The molecule has 3 rings (SSSR count). The Bertz CT molecular complexity index is 642. The van der Waals surface area contributed by atoms with Gasteiger partial charge in [-0.1, -0.05) is 0 Å². The van der Waals surface area contributed by atoms with Crippen molar-refractivity contribution < 1.29 is 9.59 Å². The van der Waals surface area contributed by atoms with Crippen LogP contribution in [0.4, 0.5) is 0 Å². The summed E-state index contributed by atoms with van der Waals surface area (Å²) in [6, 6.07) is 3.65. The highest BCUT2D eigenvalue weighted by atomic mass is 16.2. The van der Waals surface area contributed by atoms with Crippen LogP contribution in [0.1, 0.15) is 29.6 Å². The Morgan fingerprint density at radius 1 is 1.30 bits per heavy atom. The van der Waals surface area contributed by atoms with Crippen LogP contribution in [0.2, 0.25) is 0 Å². The van der Waals surface area contributed by atoms with E-state index in [1.165, 1.54) is 6.42 Å². The van der Waals surface area contributed by atoms with E-state index in [4.69, 9.17) is 0 Å². The van der Waals surface area contributed by atoms with Gasteiger partial charge in [-0.05, 0) is 31.4 Å². The van der Waals surface area contributed by atoms with E-state index in [0.717, 1.165) is 37.6 Å². The van der Waals surface area contributed by atoms with Crippen LogP contribution in [0, 0.1) is 0 Å². The Morgan fingerprint density at radius 3 is 2.85 bits per heavy atom. The molecule has 1 saturated heterocycles. The molecule has 1 amide bonds. The summed E-state index contributed by atoms with van der Waals surface area (Å²) in [6.07, 6.45) is 7.57. The SMILES string of the molecule is O=Cc1cn(CC(=O)N2CCCCC2)c2ncccc12. The van der Waals surface area contributed by atoms with Crippen molar-refractivity contribution in [2.24, 2.45) is 0 Å². The molecule has 2 aromatic rings. The van der Waals surface area contributed by atoms with Gasteiger partial charge in [0.1, 0.15) is 12.2 Å². The average molecular weight is 271 g/mol. The lowest BCUT2D eigenvalue weighted by Crippen LogP contribution is -2.37. The van der Waals surface area contributed by atoms with Gasteiger partial charge in [-0.2, -0.15) is 0 Å². The number of carbonyl (C=O) groups excluding carboxylic acids is 2. The molecule has 0 bridgehead atoms. The number of hydrogen-bond donors (Lipinski definition) is 0. The third-order valence-electron chi connectivity index (χ3n) is 3.81. The lowest BCUT2D eigenvalue weighted by atomic mass is 10.1. The zero-order valence-electron chi connectivity index (χ0n) is 11.3. The molecule has 0 atom stereocenters. The number of rotatable bonds is 3. The standard InChI is InChI=1S/C15H17N3O2/c19-11-12-9-18(15-13(12)5-4-6-16-15)10-14(20)17-7-2-1-3-8-17/h4-6,9,11H,1-3,7-8,10H2. The quantitative estimate of drug-likeness (QED) is 0.801. The van der Waals surface area contributed by atoms with Gasteiger partial charge >= 0.3 is 0 Å². The van der Waals surface area contributed by atoms with Gasteiger partial charge in [0, 0.05) is 36.4 Å². The fourth-order valence-corrected chi connectivity index (χ4v) is 2.75. The molecule has 0 aromatic carbocycles. The van der Waals surface area contributed by atoms with Crippen LogP contribution >= 0.6 is 0 Å². The van der Waals surface area contributed by atoms with Crippen LogP contribution in [0.15, 0.2) is 24.5 Å². The summed E-state index contributed by atoms with van der Waals surface area (Å²) in [5.74, 6) is 0.102. The maximum atomic E-state index is 12.3. The second kappa shape index (κ2) is 5.45. The number of likely N-dealkylation sites (tertiary alicyclic amines) is 1. The topological polar surface area (TPSA) is 55.2 Å². The summed E-state index contributed by atoms with van der Waals surface area (Å²) in [5, 5.41) is 0.800. The van der Waals surface area contributed by atoms with Gasteiger partial charge < -0.3 is 9.47 Å². The molecule has 0 aliphatic carbocycles. The fourth-order valence-electron chi connectivity index (χ4n) is 2.75. The Hall–Kier alpha value is -2.17. The van der Waals surface area contributed by atoms with E-state index < -0.39 is 0 Å². The van der Waals surface area contributed by atoms with Gasteiger partial charge in [0.05, 0.1) is 0 Å².